The van der Waals surface area contributed by atoms with Crippen molar-refractivity contribution >= 4 is 5.95 Å². The summed E-state index contributed by atoms with van der Waals surface area (Å²) in [5.74, 6) is 4.52. The Morgan fingerprint density at radius 1 is 1.26 bits per heavy atom. The first-order valence-electron chi connectivity index (χ1n) is 7.91. The Bertz CT molecular complexity index is 441. The summed E-state index contributed by atoms with van der Waals surface area (Å²) in [6, 6.07) is 0. The number of nitrogens with two attached hydrogens (primary N) is 1. The number of nitrogen functional groups attached to an aromatic ring is 1. The topological polar surface area (TPSA) is 43.8 Å². The van der Waals surface area contributed by atoms with E-state index in [1.54, 1.807) is 0 Å². The van der Waals surface area contributed by atoms with Crippen molar-refractivity contribution in [3.8, 4) is 0 Å². The number of nitrogens with zero attached hydrogens (tertiary/aromatic N) is 2. The molecule has 3 nitrogen and oxygen atoms in total. The van der Waals surface area contributed by atoms with Gasteiger partial charge in [0.1, 0.15) is 0 Å². The van der Waals surface area contributed by atoms with Crippen molar-refractivity contribution in [1.29, 1.82) is 0 Å². The molecule has 0 spiro atoms. The van der Waals surface area contributed by atoms with Gasteiger partial charge in [0.2, 0.25) is 0 Å². The van der Waals surface area contributed by atoms with Gasteiger partial charge < -0.3 is 10.3 Å². The summed E-state index contributed by atoms with van der Waals surface area (Å²) in [5, 5.41) is 0. The molecule has 4 saturated carbocycles. The lowest BCUT2D eigenvalue weighted by Gasteiger charge is -2.59. The summed E-state index contributed by atoms with van der Waals surface area (Å²) in [6.07, 6.45) is 12.9. The number of hydrogen-bond acceptors (Lipinski definition) is 2. The van der Waals surface area contributed by atoms with Crippen LogP contribution in [0.3, 0.4) is 0 Å². The molecule has 3 heteroatoms. The van der Waals surface area contributed by atoms with E-state index in [-0.39, 0.29) is 0 Å². The highest BCUT2D eigenvalue weighted by Crippen LogP contribution is 2.62. The van der Waals surface area contributed by atoms with Crippen molar-refractivity contribution in [2.24, 2.45) is 29.1 Å². The van der Waals surface area contributed by atoms with E-state index in [1.165, 1.54) is 38.5 Å². The van der Waals surface area contributed by atoms with Gasteiger partial charge in [-0.2, -0.15) is 0 Å². The Kier molecular flexibility index (Phi) is 2.49. The zero-order valence-electron chi connectivity index (χ0n) is 11.9. The SMILES string of the molecule is CC(Cn1ccnc1N)C12CC3CC(CC(C3)C1)C2. The summed E-state index contributed by atoms with van der Waals surface area (Å²) < 4.78 is 2.14. The first kappa shape index (κ1) is 11.8. The Hall–Kier alpha value is -0.990. The van der Waals surface area contributed by atoms with Crippen LogP contribution in [0.2, 0.25) is 0 Å². The summed E-state index contributed by atoms with van der Waals surface area (Å²) >= 11 is 0. The average molecular weight is 259 g/mol. The molecule has 0 amide bonds. The van der Waals surface area contributed by atoms with Crippen LogP contribution in [0.4, 0.5) is 5.95 Å². The lowest BCUT2D eigenvalue weighted by molar-refractivity contribution is -0.0863. The van der Waals surface area contributed by atoms with Crippen LogP contribution in [0.1, 0.15) is 45.4 Å². The fourth-order valence-electron chi connectivity index (χ4n) is 5.76. The van der Waals surface area contributed by atoms with Crippen molar-refractivity contribution in [3.63, 3.8) is 0 Å². The van der Waals surface area contributed by atoms with Gasteiger partial charge in [-0.05, 0) is 67.6 Å². The molecule has 1 aromatic rings. The standard InChI is InChI=1S/C16H25N3/c1-11(10-19-3-2-18-15(19)17)16-7-12-4-13(8-16)6-14(5-12)9-16/h2-3,11-14H,4-10H2,1H3,(H2,17,18). The van der Waals surface area contributed by atoms with Crippen LogP contribution in [-0.2, 0) is 6.54 Å². The molecule has 1 atom stereocenters. The second-order valence-electron chi connectivity index (χ2n) is 7.62. The van der Waals surface area contributed by atoms with Crippen molar-refractivity contribution in [3.05, 3.63) is 12.4 Å². The fourth-order valence-corrected chi connectivity index (χ4v) is 5.76. The Morgan fingerprint density at radius 3 is 2.32 bits per heavy atom. The summed E-state index contributed by atoms with van der Waals surface area (Å²) in [6.45, 7) is 3.50. The third kappa shape index (κ3) is 1.81. The molecule has 2 N–H and O–H groups in total. The third-order valence-electron chi connectivity index (χ3n) is 6.35. The van der Waals surface area contributed by atoms with Crippen LogP contribution < -0.4 is 5.73 Å². The molecule has 4 fully saturated rings. The minimum absolute atomic E-state index is 0.617. The number of imidazole rings is 1. The molecule has 19 heavy (non-hydrogen) atoms. The van der Waals surface area contributed by atoms with Crippen LogP contribution in [0.5, 0.6) is 0 Å². The van der Waals surface area contributed by atoms with E-state index in [9.17, 15) is 0 Å². The monoisotopic (exact) mass is 259 g/mol. The molecule has 0 saturated heterocycles. The molecule has 4 aliphatic carbocycles. The first-order chi connectivity index (χ1) is 9.14. The number of aromatic nitrogens is 2. The van der Waals surface area contributed by atoms with E-state index in [0.29, 0.717) is 11.4 Å². The number of anilines is 1. The van der Waals surface area contributed by atoms with Crippen LogP contribution in [0.25, 0.3) is 0 Å². The van der Waals surface area contributed by atoms with Gasteiger partial charge >= 0.3 is 0 Å². The zero-order chi connectivity index (χ0) is 13.0. The maximum atomic E-state index is 5.93. The highest BCUT2D eigenvalue weighted by atomic mass is 15.1. The normalized spacial score (nSPS) is 41.6. The van der Waals surface area contributed by atoms with Gasteiger partial charge in [-0.25, -0.2) is 4.98 Å². The predicted octanol–water partition coefficient (Wildman–Crippen LogP) is 3.32. The zero-order valence-corrected chi connectivity index (χ0v) is 11.9. The number of rotatable bonds is 3. The van der Waals surface area contributed by atoms with Gasteiger partial charge in [0.15, 0.2) is 5.95 Å². The van der Waals surface area contributed by atoms with Gasteiger partial charge in [0.25, 0.3) is 0 Å². The Balaban J connectivity index is 1.56. The van der Waals surface area contributed by atoms with E-state index in [4.69, 9.17) is 5.73 Å². The average Bonchev–Trinajstić information content (AvgIpc) is 2.73. The van der Waals surface area contributed by atoms with Crippen LogP contribution in [0, 0.1) is 29.1 Å². The second kappa shape index (κ2) is 4.00. The smallest absolute Gasteiger partial charge is 0.200 e. The molecule has 1 unspecified atom stereocenters. The molecule has 0 aliphatic heterocycles. The molecule has 5 rings (SSSR count). The van der Waals surface area contributed by atoms with E-state index in [0.717, 1.165) is 30.2 Å². The fraction of sp³-hybridized carbons (Fsp3) is 0.812. The van der Waals surface area contributed by atoms with E-state index >= 15 is 0 Å². The molecule has 4 aliphatic rings. The lowest BCUT2D eigenvalue weighted by Crippen LogP contribution is -2.49. The first-order valence-corrected chi connectivity index (χ1v) is 7.91. The molecular formula is C16H25N3. The minimum atomic E-state index is 0.617. The second-order valence-corrected chi connectivity index (χ2v) is 7.62. The van der Waals surface area contributed by atoms with E-state index in [1.807, 2.05) is 12.4 Å². The highest BCUT2D eigenvalue weighted by Gasteiger charge is 2.52. The minimum Gasteiger partial charge on any atom is -0.369 e. The summed E-state index contributed by atoms with van der Waals surface area (Å²) in [4.78, 5) is 4.16. The molecule has 1 heterocycles. The molecule has 1 aromatic heterocycles. The van der Waals surface area contributed by atoms with E-state index < -0.39 is 0 Å². The van der Waals surface area contributed by atoms with Crippen LogP contribution in [-0.4, -0.2) is 9.55 Å². The van der Waals surface area contributed by atoms with Crippen molar-refractivity contribution in [2.75, 3.05) is 5.73 Å². The molecule has 4 bridgehead atoms. The third-order valence-corrected chi connectivity index (χ3v) is 6.35. The van der Waals surface area contributed by atoms with Crippen LogP contribution in [0.15, 0.2) is 12.4 Å². The summed E-state index contributed by atoms with van der Waals surface area (Å²) in [7, 11) is 0. The highest BCUT2D eigenvalue weighted by molar-refractivity contribution is 5.17. The quantitative estimate of drug-likeness (QED) is 0.905. The van der Waals surface area contributed by atoms with Crippen molar-refractivity contribution in [1.82, 2.24) is 9.55 Å². The van der Waals surface area contributed by atoms with Gasteiger partial charge in [-0.3, -0.25) is 0 Å². The van der Waals surface area contributed by atoms with Gasteiger partial charge in [0, 0.05) is 18.9 Å². The number of hydrogen-bond donors (Lipinski definition) is 1. The maximum Gasteiger partial charge on any atom is 0.200 e. The molecule has 0 aromatic carbocycles. The van der Waals surface area contributed by atoms with Crippen molar-refractivity contribution < 1.29 is 0 Å². The molecule has 0 radical (unpaired) electrons. The Morgan fingerprint density at radius 2 is 1.84 bits per heavy atom. The van der Waals surface area contributed by atoms with Gasteiger partial charge in [0.05, 0.1) is 0 Å². The largest absolute Gasteiger partial charge is 0.369 e. The Labute approximate surface area is 115 Å². The molecular weight excluding hydrogens is 234 g/mol. The van der Waals surface area contributed by atoms with Gasteiger partial charge in [-0.15, -0.1) is 0 Å². The summed E-state index contributed by atoms with van der Waals surface area (Å²) in [5.41, 5.74) is 6.55. The van der Waals surface area contributed by atoms with Gasteiger partial charge in [-0.1, -0.05) is 6.92 Å². The van der Waals surface area contributed by atoms with Crippen molar-refractivity contribution in [2.45, 2.75) is 52.0 Å². The van der Waals surface area contributed by atoms with Crippen LogP contribution >= 0.6 is 0 Å². The predicted molar refractivity (Wildman–Crippen MR) is 76.4 cm³/mol. The molecule has 104 valence electrons. The van der Waals surface area contributed by atoms with E-state index in [2.05, 4.69) is 16.5 Å². The maximum absolute atomic E-state index is 5.93. The lowest BCUT2D eigenvalue weighted by atomic mass is 9.46.